The zero-order chi connectivity index (χ0) is 26.9. The van der Waals surface area contributed by atoms with Crippen molar-refractivity contribution in [2.24, 2.45) is 11.8 Å². The Kier molecular flexibility index (Phi) is 7.82. The van der Waals surface area contributed by atoms with Crippen LogP contribution in [0, 0.1) is 11.8 Å². The number of pyridine rings is 1. The Balaban J connectivity index is 1.67. The van der Waals surface area contributed by atoms with E-state index in [0.29, 0.717) is 29.8 Å². The lowest BCUT2D eigenvalue weighted by molar-refractivity contribution is -0.132. The van der Waals surface area contributed by atoms with Gasteiger partial charge in [0.15, 0.2) is 0 Å². The number of aliphatic hydroxyl groups is 1. The van der Waals surface area contributed by atoms with Gasteiger partial charge in [0, 0.05) is 56.8 Å². The molecule has 9 heteroatoms. The number of nitrogens with zero attached hydrogens (tertiary/aromatic N) is 4. The van der Waals surface area contributed by atoms with Crippen LogP contribution in [0.4, 0.5) is 0 Å². The van der Waals surface area contributed by atoms with E-state index in [9.17, 15) is 19.5 Å². The zero-order valence-corrected chi connectivity index (χ0v) is 22.2. The summed E-state index contributed by atoms with van der Waals surface area (Å²) in [5, 5.41) is 9.87. The van der Waals surface area contributed by atoms with E-state index in [1.807, 2.05) is 26.0 Å². The maximum absolute atomic E-state index is 13.7. The molecule has 1 aliphatic heterocycles. The first-order valence-electron chi connectivity index (χ1n) is 12.8. The van der Waals surface area contributed by atoms with Crippen molar-refractivity contribution >= 4 is 17.7 Å². The Bertz CT molecular complexity index is 1160. The summed E-state index contributed by atoms with van der Waals surface area (Å²) in [6.07, 6.45) is 3.13. The lowest BCUT2D eigenvalue weighted by atomic mass is 9.98. The summed E-state index contributed by atoms with van der Waals surface area (Å²) in [5.74, 6) is -0.0118. The zero-order valence-electron chi connectivity index (χ0n) is 22.2. The van der Waals surface area contributed by atoms with E-state index in [4.69, 9.17) is 4.74 Å². The first-order valence-corrected chi connectivity index (χ1v) is 12.8. The molecule has 0 radical (unpaired) electrons. The second-order valence-electron chi connectivity index (χ2n) is 10.5. The summed E-state index contributed by atoms with van der Waals surface area (Å²) >= 11 is 0. The highest BCUT2D eigenvalue weighted by molar-refractivity contribution is 5.98. The van der Waals surface area contributed by atoms with Crippen molar-refractivity contribution in [1.82, 2.24) is 19.7 Å². The predicted octanol–water partition coefficient (Wildman–Crippen LogP) is 2.54. The first kappa shape index (κ1) is 26.6. The number of fused-ring (bicyclic) bond motifs is 1. The second kappa shape index (κ2) is 10.9. The standard InChI is InChI=1S/C28H36N4O5/c1-17-14-32(18(2)16-33)28(36)23-12-22(19-6-8-20(9-7-19)26(34)30(3)4)13-29-25(23)37-24(17)15-31(5)27(35)21-10-11-21/h6-9,12-13,17-18,21,24,33H,10-11,14-16H2,1-5H3/t17-,18-,24+/m1/s1. The number of aromatic nitrogens is 1. The number of aliphatic hydroxyl groups excluding tert-OH is 1. The summed E-state index contributed by atoms with van der Waals surface area (Å²) in [5.41, 5.74) is 2.39. The third kappa shape index (κ3) is 5.77. The molecule has 3 atom stereocenters. The van der Waals surface area contributed by atoms with Crippen LogP contribution in [-0.2, 0) is 4.79 Å². The average molecular weight is 509 g/mol. The quantitative estimate of drug-likeness (QED) is 0.617. The molecule has 1 fully saturated rings. The fraction of sp³-hybridized carbons (Fsp3) is 0.500. The molecule has 9 nitrogen and oxygen atoms in total. The summed E-state index contributed by atoms with van der Waals surface area (Å²) in [7, 11) is 5.19. The van der Waals surface area contributed by atoms with Crippen molar-refractivity contribution in [2.45, 2.75) is 38.8 Å². The van der Waals surface area contributed by atoms with Gasteiger partial charge in [-0.25, -0.2) is 4.98 Å². The van der Waals surface area contributed by atoms with Crippen LogP contribution in [0.2, 0.25) is 0 Å². The van der Waals surface area contributed by atoms with Crippen LogP contribution in [0.15, 0.2) is 36.5 Å². The van der Waals surface area contributed by atoms with Crippen molar-refractivity contribution in [3.63, 3.8) is 0 Å². The van der Waals surface area contributed by atoms with Gasteiger partial charge in [0.2, 0.25) is 11.8 Å². The fourth-order valence-electron chi connectivity index (χ4n) is 4.54. The topological polar surface area (TPSA) is 103 Å². The molecule has 0 unspecified atom stereocenters. The van der Waals surface area contributed by atoms with Crippen molar-refractivity contribution in [3.8, 4) is 17.0 Å². The Hall–Kier alpha value is -3.46. The predicted molar refractivity (Wildman–Crippen MR) is 139 cm³/mol. The van der Waals surface area contributed by atoms with Crippen LogP contribution < -0.4 is 4.74 Å². The van der Waals surface area contributed by atoms with Gasteiger partial charge in [-0.05, 0) is 43.5 Å². The van der Waals surface area contributed by atoms with E-state index in [1.165, 1.54) is 4.90 Å². The van der Waals surface area contributed by atoms with Crippen LogP contribution in [0.3, 0.4) is 0 Å². The molecule has 0 spiro atoms. The molecular formula is C28H36N4O5. The Morgan fingerprint density at radius 2 is 1.84 bits per heavy atom. The Labute approximate surface area is 218 Å². The average Bonchev–Trinajstić information content (AvgIpc) is 3.74. The van der Waals surface area contributed by atoms with Gasteiger partial charge in [0.1, 0.15) is 11.7 Å². The van der Waals surface area contributed by atoms with Crippen LogP contribution in [0.5, 0.6) is 5.88 Å². The van der Waals surface area contributed by atoms with E-state index in [0.717, 1.165) is 18.4 Å². The number of rotatable bonds is 7. The van der Waals surface area contributed by atoms with Gasteiger partial charge < -0.3 is 24.5 Å². The minimum atomic E-state index is -0.396. The third-order valence-electron chi connectivity index (χ3n) is 7.15. The van der Waals surface area contributed by atoms with Crippen molar-refractivity contribution < 1.29 is 24.2 Å². The molecule has 2 aliphatic rings. The molecule has 0 saturated heterocycles. The first-order chi connectivity index (χ1) is 17.6. The van der Waals surface area contributed by atoms with Crippen LogP contribution >= 0.6 is 0 Å². The van der Waals surface area contributed by atoms with Gasteiger partial charge in [-0.2, -0.15) is 0 Å². The smallest absolute Gasteiger partial charge is 0.259 e. The van der Waals surface area contributed by atoms with Crippen molar-refractivity contribution in [2.75, 3.05) is 40.8 Å². The van der Waals surface area contributed by atoms with E-state index in [-0.39, 0.29) is 48.1 Å². The van der Waals surface area contributed by atoms with E-state index < -0.39 is 6.04 Å². The molecular weight excluding hydrogens is 472 g/mol. The second-order valence-corrected chi connectivity index (χ2v) is 10.5. The fourth-order valence-corrected chi connectivity index (χ4v) is 4.54. The van der Waals surface area contributed by atoms with Gasteiger partial charge in [0.25, 0.3) is 11.8 Å². The van der Waals surface area contributed by atoms with Gasteiger partial charge >= 0.3 is 0 Å². The number of hydrogen-bond donors (Lipinski definition) is 1. The van der Waals surface area contributed by atoms with E-state index in [2.05, 4.69) is 4.98 Å². The largest absolute Gasteiger partial charge is 0.472 e. The lowest BCUT2D eigenvalue weighted by Gasteiger charge is -2.37. The summed E-state index contributed by atoms with van der Waals surface area (Å²) < 4.78 is 6.30. The minimum Gasteiger partial charge on any atom is -0.472 e. The third-order valence-corrected chi connectivity index (χ3v) is 7.15. The molecule has 1 aliphatic carbocycles. The molecule has 2 aromatic rings. The normalized spacial score (nSPS) is 20.3. The number of carbonyl (C=O) groups is 3. The number of amides is 3. The molecule has 1 aromatic heterocycles. The van der Waals surface area contributed by atoms with Gasteiger partial charge in [0.05, 0.1) is 19.2 Å². The summed E-state index contributed by atoms with van der Waals surface area (Å²) in [4.78, 5) is 47.9. The molecule has 3 amide bonds. The molecule has 1 N–H and O–H groups in total. The van der Waals surface area contributed by atoms with Crippen LogP contribution in [0.25, 0.3) is 11.1 Å². The highest BCUT2D eigenvalue weighted by atomic mass is 16.5. The number of hydrogen-bond acceptors (Lipinski definition) is 6. The van der Waals surface area contributed by atoms with Gasteiger partial charge in [-0.1, -0.05) is 19.1 Å². The van der Waals surface area contributed by atoms with Crippen LogP contribution in [0.1, 0.15) is 47.4 Å². The highest BCUT2D eigenvalue weighted by Crippen LogP contribution is 2.33. The summed E-state index contributed by atoms with van der Waals surface area (Å²) in [6, 6.07) is 8.50. The monoisotopic (exact) mass is 508 g/mol. The molecule has 1 saturated carbocycles. The number of benzene rings is 1. The molecule has 0 bridgehead atoms. The molecule has 4 rings (SSSR count). The minimum absolute atomic E-state index is 0.0923. The maximum Gasteiger partial charge on any atom is 0.259 e. The molecule has 2 heterocycles. The van der Waals surface area contributed by atoms with Gasteiger partial charge in [-0.3, -0.25) is 14.4 Å². The van der Waals surface area contributed by atoms with E-state index >= 15 is 0 Å². The Morgan fingerprint density at radius 1 is 1.16 bits per heavy atom. The number of likely N-dealkylation sites (N-methyl/N-ethyl adjacent to an activating group) is 1. The highest BCUT2D eigenvalue weighted by Gasteiger charge is 2.37. The summed E-state index contributed by atoms with van der Waals surface area (Å²) in [6.45, 7) is 4.38. The number of ether oxygens (including phenoxy) is 1. The van der Waals surface area contributed by atoms with Gasteiger partial charge in [-0.15, -0.1) is 0 Å². The number of carbonyl (C=O) groups excluding carboxylic acids is 3. The van der Waals surface area contributed by atoms with E-state index in [1.54, 1.807) is 55.3 Å². The Morgan fingerprint density at radius 3 is 2.43 bits per heavy atom. The molecule has 198 valence electrons. The lowest BCUT2D eigenvalue weighted by Crippen LogP contribution is -2.50. The maximum atomic E-state index is 13.7. The molecule has 1 aromatic carbocycles. The van der Waals surface area contributed by atoms with Crippen molar-refractivity contribution in [3.05, 3.63) is 47.7 Å². The molecule has 37 heavy (non-hydrogen) atoms. The van der Waals surface area contributed by atoms with Crippen LogP contribution in [-0.4, -0.2) is 95.5 Å². The SMILES string of the molecule is C[C@@H]1CN([C@H](C)CO)C(=O)c2cc(-c3ccc(C(=O)N(C)C)cc3)cnc2O[C@H]1CN(C)C(=O)C1CC1. The van der Waals surface area contributed by atoms with Crippen molar-refractivity contribution in [1.29, 1.82) is 0 Å².